The highest BCUT2D eigenvalue weighted by Gasteiger charge is 2.23. The van der Waals surface area contributed by atoms with Crippen LogP contribution in [-0.2, 0) is 17.9 Å². The van der Waals surface area contributed by atoms with Crippen LogP contribution in [0.3, 0.4) is 0 Å². The van der Waals surface area contributed by atoms with Gasteiger partial charge in [0, 0.05) is 22.8 Å². The lowest BCUT2D eigenvalue weighted by Gasteiger charge is -2.29. The molecule has 6 nitrogen and oxygen atoms in total. The molecule has 1 amide bonds. The summed E-state index contributed by atoms with van der Waals surface area (Å²) in [5.74, 6) is 0.358. The van der Waals surface area contributed by atoms with Crippen LogP contribution in [0, 0.1) is 12.8 Å². The minimum atomic E-state index is -0.192. The van der Waals surface area contributed by atoms with Crippen molar-refractivity contribution in [3.63, 3.8) is 0 Å². The summed E-state index contributed by atoms with van der Waals surface area (Å²) in [6.07, 6.45) is 6.28. The van der Waals surface area contributed by atoms with E-state index < -0.39 is 0 Å². The predicted octanol–water partition coefficient (Wildman–Crippen LogP) is 3.44. The van der Waals surface area contributed by atoms with Crippen molar-refractivity contribution in [1.82, 2.24) is 19.7 Å². The number of amides is 1. The zero-order chi connectivity index (χ0) is 19.1. The van der Waals surface area contributed by atoms with Crippen LogP contribution in [-0.4, -0.2) is 26.3 Å². The van der Waals surface area contributed by atoms with E-state index in [4.69, 9.17) is 0 Å². The Kier molecular flexibility index (Phi) is 4.80. The van der Waals surface area contributed by atoms with Gasteiger partial charge in [0.15, 0.2) is 0 Å². The third-order valence-corrected chi connectivity index (χ3v) is 6.80. The maximum absolute atomic E-state index is 13.1. The van der Waals surface area contributed by atoms with Gasteiger partial charge in [-0.15, -0.1) is 11.3 Å². The van der Waals surface area contributed by atoms with Gasteiger partial charge in [-0.25, -0.2) is 4.68 Å². The van der Waals surface area contributed by atoms with Gasteiger partial charge in [0.25, 0.3) is 5.56 Å². The molecule has 27 heavy (non-hydrogen) atoms. The Morgan fingerprint density at radius 1 is 1.37 bits per heavy atom. The standard InChI is InChI=1S/C20H26N4O2S/c1-4-23-16-9-13(3)27-19(16)14-10-21-24(20(26)18(14)23)11-17(25)22-15-8-6-5-7-12(15)2/h9-10,12,15H,4-8,11H2,1-3H3,(H,22,25)/t12-,15-/m1/s1. The molecule has 4 rings (SSSR count). The van der Waals surface area contributed by atoms with Gasteiger partial charge in [0.1, 0.15) is 12.1 Å². The van der Waals surface area contributed by atoms with Crippen molar-refractivity contribution in [3.8, 4) is 0 Å². The summed E-state index contributed by atoms with van der Waals surface area (Å²) in [6, 6.07) is 2.32. The molecule has 3 aromatic rings. The van der Waals surface area contributed by atoms with Gasteiger partial charge in [-0.05, 0) is 38.7 Å². The highest BCUT2D eigenvalue weighted by atomic mass is 32.1. The SMILES string of the molecule is CCn1c2cc(C)sc2c2cnn(CC(=O)N[C@@H]3CCCC[C@H]3C)c(=O)c21. The minimum absolute atomic E-state index is 0.0282. The van der Waals surface area contributed by atoms with Crippen molar-refractivity contribution in [2.24, 2.45) is 5.92 Å². The summed E-state index contributed by atoms with van der Waals surface area (Å²) in [7, 11) is 0. The quantitative estimate of drug-likeness (QED) is 0.747. The molecule has 0 unspecified atom stereocenters. The van der Waals surface area contributed by atoms with Gasteiger partial charge in [0.2, 0.25) is 5.91 Å². The summed E-state index contributed by atoms with van der Waals surface area (Å²) in [5, 5.41) is 8.29. The van der Waals surface area contributed by atoms with E-state index >= 15 is 0 Å². The number of hydrogen-bond acceptors (Lipinski definition) is 4. The molecule has 144 valence electrons. The molecule has 1 fully saturated rings. The van der Waals surface area contributed by atoms with Crippen LogP contribution in [0.5, 0.6) is 0 Å². The molecule has 2 atom stereocenters. The Bertz CT molecular complexity index is 1060. The van der Waals surface area contributed by atoms with Gasteiger partial charge in [-0.2, -0.15) is 5.10 Å². The molecule has 0 radical (unpaired) electrons. The summed E-state index contributed by atoms with van der Waals surface area (Å²) < 4.78 is 4.44. The number of aryl methyl sites for hydroxylation is 2. The molecule has 1 aliphatic carbocycles. The molecular weight excluding hydrogens is 360 g/mol. The van der Waals surface area contributed by atoms with E-state index in [-0.39, 0.29) is 24.1 Å². The third-order valence-electron chi connectivity index (χ3n) is 5.73. The lowest BCUT2D eigenvalue weighted by Crippen LogP contribution is -2.43. The number of rotatable bonds is 4. The Labute approximate surface area is 162 Å². The van der Waals surface area contributed by atoms with Crippen molar-refractivity contribution in [2.45, 2.75) is 65.6 Å². The van der Waals surface area contributed by atoms with E-state index in [0.717, 1.165) is 34.9 Å². The van der Waals surface area contributed by atoms with Crippen molar-refractivity contribution in [3.05, 3.63) is 27.5 Å². The highest BCUT2D eigenvalue weighted by molar-refractivity contribution is 7.20. The van der Waals surface area contributed by atoms with Crippen molar-refractivity contribution >= 4 is 38.4 Å². The minimum Gasteiger partial charge on any atom is -0.351 e. The van der Waals surface area contributed by atoms with Crippen molar-refractivity contribution in [2.75, 3.05) is 0 Å². The number of nitrogens with one attached hydrogen (secondary N) is 1. The maximum atomic E-state index is 13.1. The van der Waals surface area contributed by atoms with Crippen LogP contribution in [0.2, 0.25) is 0 Å². The summed E-state index contributed by atoms with van der Waals surface area (Å²) in [6.45, 7) is 6.97. The number of thiophene rings is 1. The Morgan fingerprint density at radius 3 is 2.89 bits per heavy atom. The number of aromatic nitrogens is 3. The second-order valence-electron chi connectivity index (χ2n) is 7.62. The smallest absolute Gasteiger partial charge is 0.291 e. The molecule has 0 saturated heterocycles. The lowest BCUT2D eigenvalue weighted by atomic mass is 9.86. The van der Waals surface area contributed by atoms with Gasteiger partial charge < -0.3 is 9.88 Å². The van der Waals surface area contributed by atoms with Crippen LogP contribution < -0.4 is 10.9 Å². The third kappa shape index (κ3) is 3.18. The molecule has 1 saturated carbocycles. The van der Waals surface area contributed by atoms with E-state index in [9.17, 15) is 9.59 Å². The second-order valence-corrected chi connectivity index (χ2v) is 8.88. The largest absolute Gasteiger partial charge is 0.351 e. The van der Waals surface area contributed by atoms with E-state index in [2.05, 4.69) is 30.3 Å². The summed E-state index contributed by atoms with van der Waals surface area (Å²) in [4.78, 5) is 26.8. The van der Waals surface area contributed by atoms with Crippen molar-refractivity contribution in [1.29, 1.82) is 0 Å². The monoisotopic (exact) mass is 386 g/mol. The summed E-state index contributed by atoms with van der Waals surface area (Å²) >= 11 is 1.68. The first kappa shape index (κ1) is 18.2. The molecule has 3 aromatic heterocycles. The number of fused-ring (bicyclic) bond motifs is 3. The fourth-order valence-electron chi connectivity index (χ4n) is 4.28. The van der Waals surface area contributed by atoms with Crippen LogP contribution in [0.15, 0.2) is 17.1 Å². The second kappa shape index (κ2) is 7.11. The molecule has 1 aliphatic rings. The molecule has 0 bridgehead atoms. The average molecular weight is 387 g/mol. The van der Waals surface area contributed by atoms with Gasteiger partial charge in [0.05, 0.1) is 16.4 Å². The predicted molar refractivity (Wildman–Crippen MR) is 109 cm³/mol. The number of carbonyl (C=O) groups excluding carboxylic acids is 1. The fourth-order valence-corrected chi connectivity index (χ4v) is 5.31. The zero-order valence-corrected chi connectivity index (χ0v) is 16.9. The number of hydrogen-bond donors (Lipinski definition) is 1. The first-order chi connectivity index (χ1) is 13.0. The van der Waals surface area contributed by atoms with Crippen LogP contribution >= 0.6 is 11.3 Å². The fraction of sp³-hybridized carbons (Fsp3) is 0.550. The number of nitrogens with zero attached hydrogens (tertiary/aromatic N) is 3. The molecule has 0 aliphatic heterocycles. The zero-order valence-electron chi connectivity index (χ0n) is 16.1. The van der Waals surface area contributed by atoms with E-state index in [0.29, 0.717) is 18.0 Å². The van der Waals surface area contributed by atoms with Crippen LogP contribution in [0.25, 0.3) is 21.1 Å². The summed E-state index contributed by atoms with van der Waals surface area (Å²) in [5.41, 5.74) is 1.53. The topological polar surface area (TPSA) is 68.9 Å². The van der Waals surface area contributed by atoms with Crippen LogP contribution in [0.1, 0.15) is 44.4 Å². The first-order valence-electron chi connectivity index (χ1n) is 9.77. The molecule has 1 N–H and O–H groups in total. The molecular formula is C20H26N4O2S. The Hall–Kier alpha value is -2.15. The van der Waals surface area contributed by atoms with Gasteiger partial charge in [-0.1, -0.05) is 19.8 Å². The van der Waals surface area contributed by atoms with Crippen molar-refractivity contribution < 1.29 is 4.79 Å². The Morgan fingerprint density at radius 2 is 2.15 bits per heavy atom. The molecule has 0 aromatic carbocycles. The molecule has 7 heteroatoms. The lowest BCUT2D eigenvalue weighted by molar-refractivity contribution is -0.123. The van der Waals surface area contributed by atoms with E-state index in [1.54, 1.807) is 17.5 Å². The highest BCUT2D eigenvalue weighted by Crippen LogP contribution is 2.33. The van der Waals surface area contributed by atoms with E-state index in [1.165, 1.54) is 16.0 Å². The number of carbonyl (C=O) groups is 1. The molecule has 3 heterocycles. The maximum Gasteiger partial charge on any atom is 0.291 e. The van der Waals surface area contributed by atoms with Gasteiger partial charge in [-0.3, -0.25) is 9.59 Å². The Balaban J connectivity index is 1.65. The van der Waals surface area contributed by atoms with Gasteiger partial charge >= 0.3 is 0 Å². The first-order valence-corrected chi connectivity index (χ1v) is 10.6. The van der Waals surface area contributed by atoms with Crippen LogP contribution in [0.4, 0.5) is 0 Å². The average Bonchev–Trinajstić information content (AvgIpc) is 3.14. The normalized spacial score (nSPS) is 20.4. The molecule has 0 spiro atoms. The van der Waals surface area contributed by atoms with E-state index in [1.807, 2.05) is 11.5 Å².